The zero-order valence-corrected chi connectivity index (χ0v) is 11.6. The topological polar surface area (TPSA) is 42.1 Å². The first-order valence-corrected chi connectivity index (χ1v) is 6.51. The lowest BCUT2D eigenvalue weighted by molar-refractivity contribution is 0.545. The summed E-state index contributed by atoms with van der Waals surface area (Å²) < 4.78 is 0. The second kappa shape index (κ2) is 6.55. The van der Waals surface area contributed by atoms with Gasteiger partial charge in [-0.2, -0.15) is 0 Å². The molecule has 1 aromatic heterocycles. The molecule has 0 aliphatic heterocycles. The molecule has 2 N–H and O–H groups in total. The van der Waals surface area contributed by atoms with E-state index < -0.39 is 0 Å². The maximum atomic E-state index is 5.60. The number of nitrogens with two attached hydrogens (primary N) is 1. The predicted molar refractivity (Wildman–Crippen MR) is 77.5 cm³/mol. The van der Waals surface area contributed by atoms with E-state index in [0.29, 0.717) is 16.6 Å². The van der Waals surface area contributed by atoms with E-state index in [1.807, 2.05) is 18.2 Å². The Morgan fingerprint density at radius 2 is 2.18 bits per heavy atom. The van der Waals surface area contributed by atoms with Gasteiger partial charge in [0, 0.05) is 13.1 Å². The molecule has 0 saturated carbocycles. The fraction of sp³-hybridized carbons (Fsp3) is 0.538. The Hall–Kier alpha value is -1.16. The summed E-state index contributed by atoms with van der Waals surface area (Å²) >= 11 is 4.95. The summed E-state index contributed by atoms with van der Waals surface area (Å²) in [5.41, 5.74) is 6.30. The standard InChI is InChI=1S/C13H21N3S/c1-4-10(3)9-16(5-2)12-8-6-7-11(15-12)13(14)17/h6-8,10H,4-5,9H2,1-3H3,(H2,14,17). The molecule has 17 heavy (non-hydrogen) atoms. The molecule has 1 atom stereocenters. The van der Waals surface area contributed by atoms with Crippen molar-refractivity contribution >= 4 is 23.0 Å². The van der Waals surface area contributed by atoms with Gasteiger partial charge < -0.3 is 10.6 Å². The molecule has 0 radical (unpaired) electrons. The van der Waals surface area contributed by atoms with Crippen molar-refractivity contribution < 1.29 is 0 Å². The number of aromatic nitrogens is 1. The van der Waals surface area contributed by atoms with E-state index >= 15 is 0 Å². The van der Waals surface area contributed by atoms with Gasteiger partial charge in [-0.3, -0.25) is 0 Å². The zero-order valence-electron chi connectivity index (χ0n) is 10.8. The molecule has 3 nitrogen and oxygen atoms in total. The number of thiocarbonyl (C=S) groups is 1. The lowest BCUT2D eigenvalue weighted by Gasteiger charge is -2.25. The van der Waals surface area contributed by atoms with Crippen LogP contribution in [0.15, 0.2) is 18.2 Å². The summed E-state index contributed by atoms with van der Waals surface area (Å²) in [7, 11) is 0. The maximum absolute atomic E-state index is 5.60. The van der Waals surface area contributed by atoms with Gasteiger partial charge in [-0.1, -0.05) is 38.6 Å². The highest BCUT2D eigenvalue weighted by Gasteiger charge is 2.10. The lowest BCUT2D eigenvalue weighted by Crippen LogP contribution is -2.29. The van der Waals surface area contributed by atoms with Gasteiger partial charge in [0.1, 0.15) is 10.8 Å². The summed E-state index contributed by atoms with van der Waals surface area (Å²) in [4.78, 5) is 7.10. The maximum Gasteiger partial charge on any atom is 0.129 e. The van der Waals surface area contributed by atoms with E-state index in [9.17, 15) is 0 Å². The van der Waals surface area contributed by atoms with Gasteiger partial charge in [-0.25, -0.2) is 4.98 Å². The van der Waals surface area contributed by atoms with E-state index in [1.54, 1.807) is 0 Å². The molecule has 1 unspecified atom stereocenters. The van der Waals surface area contributed by atoms with Crippen LogP contribution in [0.1, 0.15) is 32.9 Å². The van der Waals surface area contributed by atoms with Crippen LogP contribution in [0.3, 0.4) is 0 Å². The number of anilines is 1. The summed E-state index contributed by atoms with van der Waals surface area (Å²) in [6, 6.07) is 5.81. The highest BCUT2D eigenvalue weighted by atomic mass is 32.1. The highest BCUT2D eigenvalue weighted by Crippen LogP contribution is 2.14. The first-order valence-electron chi connectivity index (χ1n) is 6.10. The van der Waals surface area contributed by atoms with E-state index in [4.69, 9.17) is 18.0 Å². The SMILES string of the molecule is CCC(C)CN(CC)c1cccc(C(N)=S)n1. The van der Waals surface area contributed by atoms with Gasteiger partial charge in [-0.05, 0) is 25.0 Å². The van der Waals surface area contributed by atoms with Crippen molar-refractivity contribution in [2.75, 3.05) is 18.0 Å². The van der Waals surface area contributed by atoms with Gasteiger partial charge in [0.25, 0.3) is 0 Å². The average molecular weight is 251 g/mol. The van der Waals surface area contributed by atoms with E-state index in [0.717, 1.165) is 18.9 Å². The van der Waals surface area contributed by atoms with E-state index in [1.165, 1.54) is 6.42 Å². The number of hydrogen-bond donors (Lipinski definition) is 1. The van der Waals surface area contributed by atoms with Gasteiger partial charge in [0.2, 0.25) is 0 Å². The number of pyridine rings is 1. The van der Waals surface area contributed by atoms with E-state index in [-0.39, 0.29) is 0 Å². The zero-order chi connectivity index (χ0) is 12.8. The Bertz CT molecular complexity index is 379. The molecule has 0 bridgehead atoms. The third-order valence-corrected chi connectivity index (χ3v) is 3.13. The van der Waals surface area contributed by atoms with Crippen LogP contribution in [-0.4, -0.2) is 23.1 Å². The molecule has 0 fully saturated rings. The largest absolute Gasteiger partial charge is 0.388 e. The number of nitrogens with zero attached hydrogens (tertiary/aromatic N) is 2. The molecule has 4 heteroatoms. The van der Waals surface area contributed by atoms with Crippen molar-refractivity contribution in [3.63, 3.8) is 0 Å². The first-order chi connectivity index (χ1) is 8.08. The molecule has 1 heterocycles. The van der Waals surface area contributed by atoms with Crippen LogP contribution in [0.25, 0.3) is 0 Å². The molecule has 0 aromatic carbocycles. The minimum Gasteiger partial charge on any atom is -0.388 e. The summed E-state index contributed by atoms with van der Waals surface area (Å²) in [5, 5.41) is 0. The van der Waals surface area contributed by atoms with E-state index in [2.05, 4.69) is 30.7 Å². The third-order valence-electron chi connectivity index (χ3n) is 2.92. The van der Waals surface area contributed by atoms with Gasteiger partial charge >= 0.3 is 0 Å². The molecular weight excluding hydrogens is 230 g/mol. The molecule has 0 aliphatic rings. The summed E-state index contributed by atoms with van der Waals surface area (Å²) in [5.74, 6) is 1.61. The third kappa shape index (κ3) is 3.97. The molecule has 0 saturated heterocycles. The Morgan fingerprint density at radius 3 is 2.71 bits per heavy atom. The van der Waals surface area contributed by atoms with Crippen LogP contribution < -0.4 is 10.6 Å². The second-order valence-electron chi connectivity index (χ2n) is 4.30. The van der Waals surface area contributed by atoms with Gasteiger partial charge in [0.15, 0.2) is 0 Å². The summed E-state index contributed by atoms with van der Waals surface area (Å²) in [6.45, 7) is 8.55. The normalized spacial score (nSPS) is 12.2. The fourth-order valence-corrected chi connectivity index (χ4v) is 1.74. The van der Waals surface area contributed by atoms with Crippen molar-refractivity contribution in [1.29, 1.82) is 0 Å². The number of hydrogen-bond acceptors (Lipinski definition) is 3. The number of rotatable bonds is 6. The van der Waals surface area contributed by atoms with Crippen LogP contribution in [0, 0.1) is 5.92 Å². The first kappa shape index (κ1) is 13.9. The van der Waals surface area contributed by atoms with Gasteiger partial charge in [-0.15, -0.1) is 0 Å². The quantitative estimate of drug-likeness (QED) is 0.789. The Morgan fingerprint density at radius 1 is 1.47 bits per heavy atom. The van der Waals surface area contributed by atoms with Crippen LogP contribution in [-0.2, 0) is 0 Å². The monoisotopic (exact) mass is 251 g/mol. The second-order valence-corrected chi connectivity index (χ2v) is 4.74. The Labute approximate surface area is 109 Å². The van der Waals surface area contributed by atoms with Crippen LogP contribution in [0.5, 0.6) is 0 Å². The summed E-state index contributed by atoms with van der Waals surface area (Å²) in [6.07, 6.45) is 1.17. The smallest absolute Gasteiger partial charge is 0.129 e. The minimum absolute atomic E-state index is 0.353. The highest BCUT2D eigenvalue weighted by molar-refractivity contribution is 7.80. The predicted octanol–water partition coefficient (Wildman–Crippen LogP) is 2.59. The van der Waals surface area contributed by atoms with Crippen LogP contribution in [0.4, 0.5) is 5.82 Å². The molecule has 94 valence electrons. The molecular formula is C13H21N3S. The molecule has 1 aromatic rings. The van der Waals surface area contributed by atoms with Crippen LogP contribution >= 0.6 is 12.2 Å². The van der Waals surface area contributed by atoms with Crippen molar-refractivity contribution in [3.8, 4) is 0 Å². The minimum atomic E-state index is 0.353. The Balaban J connectivity index is 2.88. The van der Waals surface area contributed by atoms with Crippen molar-refractivity contribution in [2.24, 2.45) is 11.7 Å². The average Bonchev–Trinajstić information content (AvgIpc) is 2.35. The fourth-order valence-electron chi connectivity index (χ4n) is 1.63. The molecule has 0 aliphatic carbocycles. The van der Waals surface area contributed by atoms with Crippen molar-refractivity contribution in [3.05, 3.63) is 23.9 Å². The lowest BCUT2D eigenvalue weighted by atomic mass is 10.1. The van der Waals surface area contributed by atoms with Crippen LogP contribution in [0.2, 0.25) is 0 Å². The van der Waals surface area contributed by atoms with Gasteiger partial charge in [0.05, 0.1) is 5.69 Å². The molecule has 1 rings (SSSR count). The van der Waals surface area contributed by atoms with Crippen molar-refractivity contribution in [1.82, 2.24) is 4.98 Å². The van der Waals surface area contributed by atoms with Crippen molar-refractivity contribution in [2.45, 2.75) is 27.2 Å². The Kier molecular flexibility index (Phi) is 5.35. The molecule has 0 spiro atoms. The molecule has 0 amide bonds.